The smallest absolute Gasteiger partial charge is 0.326 e. The van der Waals surface area contributed by atoms with Crippen LogP contribution in [0.2, 0.25) is 0 Å². The molecule has 17 heteroatoms. The van der Waals surface area contributed by atoms with Crippen LogP contribution < -0.4 is 33.2 Å². The molecule has 204 valence electrons. The number of thiol groups is 1. The highest BCUT2D eigenvalue weighted by atomic mass is 32.1. The van der Waals surface area contributed by atoms with E-state index >= 15 is 0 Å². The van der Waals surface area contributed by atoms with Crippen LogP contribution in [0.3, 0.4) is 0 Å². The third-order valence-corrected chi connectivity index (χ3v) is 5.03. The Labute approximate surface area is 211 Å². The molecule has 16 nitrogen and oxygen atoms in total. The van der Waals surface area contributed by atoms with Crippen molar-refractivity contribution in [3.8, 4) is 0 Å². The SMILES string of the molecule is NC(N)=NCCCC(N)C(=O)NC(CS)C(=O)NC(CCC(=O)O)C(=O)NC(CCC(=O)O)C(=O)O. The second-order valence-corrected chi connectivity index (χ2v) is 7.99. The van der Waals surface area contributed by atoms with Gasteiger partial charge < -0.3 is 48.5 Å². The van der Waals surface area contributed by atoms with Crippen molar-refractivity contribution in [3.05, 3.63) is 0 Å². The largest absolute Gasteiger partial charge is 0.481 e. The van der Waals surface area contributed by atoms with Gasteiger partial charge in [-0.1, -0.05) is 0 Å². The van der Waals surface area contributed by atoms with E-state index in [4.69, 9.17) is 27.4 Å². The maximum Gasteiger partial charge on any atom is 0.326 e. The van der Waals surface area contributed by atoms with E-state index in [0.29, 0.717) is 6.42 Å². The number of hydrogen-bond donors (Lipinski definition) is 10. The van der Waals surface area contributed by atoms with Crippen LogP contribution in [-0.4, -0.2) is 93.4 Å². The van der Waals surface area contributed by atoms with E-state index in [1.165, 1.54) is 0 Å². The fourth-order valence-corrected chi connectivity index (χ4v) is 2.99. The van der Waals surface area contributed by atoms with Crippen LogP contribution in [0, 0.1) is 0 Å². The highest BCUT2D eigenvalue weighted by molar-refractivity contribution is 7.80. The lowest BCUT2D eigenvalue weighted by Gasteiger charge is -2.24. The quantitative estimate of drug-likeness (QED) is 0.0355. The number of carboxylic acids is 3. The van der Waals surface area contributed by atoms with Crippen molar-refractivity contribution in [2.45, 2.75) is 62.7 Å². The third kappa shape index (κ3) is 14.0. The summed E-state index contributed by atoms with van der Waals surface area (Å²) in [6, 6.07) is -5.35. The molecule has 0 aromatic rings. The van der Waals surface area contributed by atoms with Crippen LogP contribution in [0.4, 0.5) is 0 Å². The average molecular weight is 536 g/mol. The van der Waals surface area contributed by atoms with Crippen molar-refractivity contribution in [1.82, 2.24) is 16.0 Å². The van der Waals surface area contributed by atoms with Crippen LogP contribution in [0.25, 0.3) is 0 Å². The van der Waals surface area contributed by atoms with Gasteiger partial charge in [0, 0.05) is 25.1 Å². The van der Waals surface area contributed by atoms with Crippen molar-refractivity contribution in [1.29, 1.82) is 0 Å². The molecule has 0 radical (unpaired) electrons. The van der Waals surface area contributed by atoms with E-state index in [-0.39, 0.29) is 24.7 Å². The molecule has 36 heavy (non-hydrogen) atoms. The lowest BCUT2D eigenvalue weighted by atomic mass is 10.1. The van der Waals surface area contributed by atoms with Gasteiger partial charge >= 0.3 is 17.9 Å². The maximum atomic E-state index is 12.7. The molecule has 3 amide bonds. The Morgan fingerprint density at radius 2 is 1.22 bits per heavy atom. The Morgan fingerprint density at radius 1 is 0.750 bits per heavy atom. The van der Waals surface area contributed by atoms with Gasteiger partial charge in [-0.2, -0.15) is 12.6 Å². The summed E-state index contributed by atoms with van der Waals surface area (Å²) >= 11 is 4.00. The monoisotopic (exact) mass is 535 g/mol. The molecule has 0 aromatic heterocycles. The number of carbonyl (C=O) groups excluding carboxylic acids is 3. The van der Waals surface area contributed by atoms with Crippen LogP contribution in [0.1, 0.15) is 38.5 Å². The van der Waals surface area contributed by atoms with Gasteiger partial charge in [0.05, 0.1) is 6.04 Å². The van der Waals surface area contributed by atoms with Crippen LogP contribution in [-0.2, 0) is 28.8 Å². The van der Waals surface area contributed by atoms with Gasteiger partial charge in [0.1, 0.15) is 18.1 Å². The zero-order chi connectivity index (χ0) is 27.8. The summed E-state index contributed by atoms with van der Waals surface area (Å²) in [6.45, 7) is 0.240. The minimum Gasteiger partial charge on any atom is -0.481 e. The fraction of sp³-hybridized carbons (Fsp3) is 0.632. The van der Waals surface area contributed by atoms with Crippen molar-refractivity contribution in [3.63, 3.8) is 0 Å². The van der Waals surface area contributed by atoms with Crippen LogP contribution in [0.15, 0.2) is 4.99 Å². The molecule has 12 N–H and O–H groups in total. The minimum absolute atomic E-state index is 0.113. The Kier molecular flexibility index (Phi) is 15.2. The third-order valence-electron chi connectivity index (χ3n) is 4.66. The second-order valence-electron chi connectivity index (χ2n) is 7.62. The zero-order valence-corrected chi connectivity index (χ0v) is 20.3. The van der Waals surface area contributed by atoms with E-state index in [1.807, 2.05) is 0 Å². The van der Waals surface area contributed by atoms with E-state index in [2.05, 4.69) is 33.6 Å². The molecule has 0 spiro atoms. The molecule has 4 atom stereocenters. The minimum atomic E-state index is -1.59. The average Bonchev–Trinajstić information content (AvgIpc) is 2.79. The molecular formula is C19H33N7O9S. The highest BCUT2D eigenvalue weighted by Gasteiger charge is 2.30. The molecule has 0 saturated carbocycles. The van der Waals surface area contributed by atoms with Gasteiger partial charge in [0.2, 0.25) is 17.7 Å². The molecule has 0 heterocycles. The van der Waals surface area contributed by atoms with E-state index in [1.54, 1.807) is 0 Å². The summed E-state index contributed by atoms with van der Waals surface area (Å²) in [7, 11) is 0. The number of nitrogens with zero attached hydrogens (tertiary/aromatic N) is 1. The van der Waals surface area contributed by atoms with E-state index < -0.39 is 85.5 Å². The standard InChI is InChI=1S/C19H33N7O9S/c20-9(2-1-7-23-19(21)22)15(31)26-12(8-36)17(33)24-10(3-5-13(27)28)16(32)25-11(18(34)35)4-6-14(29)30/h9-12,36H,1-8,20H2,(H,24,33)(H,25,32)(H,26,31)(H,27,28)(H,29,30)(H,34,35)(H4,21,22,23). The first kappa shape index (κ1) is 32.4. The topological polar surface area (TPSA) is 290 Å². The fourth-order valence-electron chi connectivity index (χ4n) is 2.73. The lowest BCUT2D eigenvalue weighted by Crippen LogP contribution is -2.57. The molecular weight excluding hydrogens is 502 g/mol. The predicted octanol–water partition coefficient (Wildman–Crippen LogP) is -3.43. The number of guanidine groups is 1. The first-order chi connectivity index (χ1) is 16.8. The molecule has 0 bridgehead atoms. The van der Waals surface area contributed by atoms with Gasteiger partial charge in [-0.15, -0.1) is 0 Å². The summed E-state index contributed by atoms with van der Waals surface area (Å²) in [5.41, 5.74) is 16.2. The number of amides is 3. The summed E-state index contributed by atoms with van der Waals surface area (Å²) in [5, 5.41) is 33.6. The summed E-state index contributed by atoms with van der Waals surface area (Å²) < 4.78 is 0. The van der Waals surface area contributed by atoms with Crippen molar-refractivity contribution in [2.24, 2.45) is 22.2 Å². The van der Waals surface area contributed by atoms with Gasteiger partial charge in [-0.3, -0.25) is 29.0 Å². The van der Waals surface area contributed by atoms with Crippen molar-refractivity contribution < 1.29 is 44.1 Å². The number of nitrogens with two attached hydrogens (primary N) is 3. The van der Waals surface area contributed by atoms with Gasteiger partial charge in [-0.05, 0) is 25.7 Å². The number of aliphatic carboxylic acids is 3. The number of carboxylic acid groups (broad SMARTS) is 3. The van der Waals surface area contributed by atoms with Crippen molar-refractivity contribution >= 4 is 54.2 Å². The second kappa shape index (κ2) is 16.9. The van der Waals surface area contributed by atoms with E-state index in [9.17, 15) is 33.9 Å². The van der Waals surface area contributed by atoms with Crippen molar-refractivity contribution in [2.75, 3.05) is 12.3 Å². The molecule has 4 unspecified atom stereocenters. The predicted molar refractivity (Wildman–Crippen MR) is 129 cm³/mol. The van der Waals surface area contributed by atoms with Gasteiger partial charge in [-0.25, -0.2) is 4.79 Å². The Bertz CT molecular complexity index is 836. The number of aliphatic imine (C=N–C) groups is 1. The summed E-state index contributed by atoms with van der Waals surface area (Å²) in [5.74, 6) is -7.03. The first-order valence-electron chi connectivity index (χ1n) is 10.8. The zero-order valence-electron chi connectivity index (χ0n) is 19.4. The molecule has 0 aliphatic heterocycles. The number of carbonyl (C=O) groups is 6. The number of hydrogen-bond acceptors (Lipinski definition) is 9. The molecule has 0 aromatic carbocycles. The first-order valence-corrected chi connectivity index (χ1v) is 11.4. The summed E-state index contributed by atoms with van der Waals surface area (Å²) in [4.78, 5) is 74.4. The molecule has 0 saturated heterocycles. The van der Waals surface area contributed by atoms with Gasteiger partial charge in [0.25, 0.3) is 0 Å². The molecule has 0 rings (SSSR count). The molecule has 0 fully saturated rings. The highest BCUT2D eigenvalue weighted by Crippen LogP contribution is 2.05. The van der Waals surface area contributed by atoms with Crippen LogP contribution in [0.5, 0.6) is 0 Å². The van der Waals surface area contributed by atoms with Crippen LogP contribution >= 0.6 is 12.6 Å². The number of nitrogens with one attached hydrogen (secondary N) is 3. The lowest BCUT2D eigenvalue weighted by molar-refractivity contribution is -0.144. The Morgan fingerprint density at radius 3 is 1.69 bits per heavy atom. The Hall–Kier alpha value is -3.60. The van der Waals surface area contributed by atoms with Gasteiger partial charge in [0.15, 0.2) is 5.96 Å². The number of rotatable bonds is 18. The normalized spacial score (nSPS) is 13.8. The Balaban J connectivity index is 5.25. The van der Waals surface area contributed by atoms with E-state index in [0.717, 1.165) is 0 Å². The molecule has 0 aliphatic rings. The maximum absolute atomic E-state index is 12.7. The summed E-state index contributed by atoms with van der Waals surface area (Å²) in [6.07, 6.45) is -1.37. The molecule has 0 aliphatic carbocycles.